The van der Waals surface area contributed by atoms with E-state index in [1.807, 2.05) is 25.3 Å². The molecule has 1 aromatic rings. The van der Waals surface area contributed by atoms with Crippen LogP contribution in [0.25, 0.3) is 6.08 Å². The monoisotopic (exact) mass is 226 g/mol. The fraction of sp³-hybridized carbons (Fsp3) is 0.273. The van der Waals surface area contributed by atoms with E-state index in [0.29, 0.717) is 16.5 Å². The fourth-order valence-electron chi connectivity index (χ4n) is 1.19. The molecule has 0 aliphatic rings. The molecule has 0 heterocycles. The van der Waals surface area contributed by atoms with Gasteiger partial charge < -0.3 is 15.8 Å². The van der Waals surface area contributed by atoms with Gasteiger partial charge in [0.25, 0.3) is 0 Å². The highest BCUT2D eigenvalue weighted by Gasteiger charge is 2.04. The molecule has 15 heavy (non-hydrogen) atoms. The number of nitrogen functional groups attached to an aromatic ring is 1. The van der Waals surface area contributed by atoms with E-state index in [9.17, 15) is 0 Å². The quantitative estimate of drug-likeness (QED) is 0.774. The first-order valence-electron chi connectivity index (χ1n) is 4.63. The third-order valence-corrected chi connectivity index (χ3v) is 2.30. The SMILES string of the molecule is CNCC=Cc1cc(OC)c(N)cc1Cl. The molecule has 82 valence electrons. The highest BCUT2D eigenvalue weighted by molar-refractivity contribution is 6.32. The molecule has 0 amide bonds. The van der Waals surface area contributed by atoms with Crippen molar-refractivity contribution >= 4 is 23.4 Å². The zero-order valence-electron chi connectivity index (χ0n) is 8.88. The van der Waals surface area contributed by atoms with Crippen LogP contribution in [-0.2, 0) is 0 Å². The van der Waals surface area contributed by atoms with Gasteiger partial charge in [-0.1, -0.05) is 23.8 Å². The minimum atomic E-state index is 0.549. The second kappa shape index (κ2) is 5.63. The summed E-state index contributed by atoms with van der Waals surface area (Å²) in [6.07, 6.45) is 3.91. The van der Waals surface area contributed by atoms with Gasteiger partial charge in [0.15, 0.2) is 0 Å². The van der Waals surface area contributed by atoms with Gasteiger partial charge in [0.1, 0.15) is 5.75 Å². The molecule has 0 saturated heterocycles. The lowest BCUT2D eigenvalue weighted by Crippen LogP contribution is -2.03. The molecule has 0 fully saturated rings. The second-order valence-electron chi connectivity index (χ2n) is 3.08. The molecule has 1 rings (SSSR count). The summed E-state index contributed by atoms with van der Waals surface area (Å²) in [5.74, 6) is 0.642. The zero-order valence-corrected chi connectivity index (χ0v) is 9.64. The summed E-state index contributed by atoms with van der Waals surface area (Å²) in [7, 11) is 3.47. The Labute approximate surface area is 94.9 Å². The molecule has 4 heteroatoms. The van der Waals surface area contributed by atoms with Crippen molar-refractivity contribution < 1.29 is 4.74 Å². The van der Waals surface area contributed by atoms with Gasteiger partial charge in [0.2, 0.25) is 0 Å². The molecule has 0 aliphatic heterocycles. The number of likely N-dealkylation sites (N-methyl/N-ethyl adjacent to an activating group) is 1. The molecule has 0 saturated carbocycles. The Kier molecular flexibility index (Phi) is 4.46. The van der Waals surface area contributed by atoms with Gasteiger partial charge in [-0.25, -0.2) is 0 Å². The largest absolute Gasteiger partial charge is 0.495 e. The zero-order chi connectivity index (χ0) is 11.3. The molecule has 0 atom stereocenters. The van der Waals surface area contributed by atoms with Crippen LogP contribution >= 0.6 is 11.6 Å². The average molecular weight is 227 g/mol. The molecule has 0 radical (unpaired) electrons. The Morgan fingerprint density at radius 1 is 1.53 bits per heavy atom. The van der Waals surface area contributed by atoms with Crippen LogP contribution in [0.15, 0.2) is 18.2 Å². The topological polar surface area (TPSA) is 47.3 Å². The molecular weight excluding hydrogens is 212 g/mol. The summed E-state index contributed by atoms with van der Waals surface area (Å²) in [5, 5.41) is 3.64. The van der Waals surface area contributed by atoms with Crippen molar-refractivity contribution in [2.75, 3.05) is 26.4 Å². The molecule has 1 aromatic carbocycles. The number of nitrogens with one attached hydrogen (secondary N) is 1. The summed E-state index contributed by atoms with van der Waals surface area (Å²) in [4.78, 5) is 0. The van der Waals surface area contributed by atoms with E-state index in [2.05, 4.69) is 5.32 Å². The number of hydrogen-bond donors (Lipinski definition) is 2. The molecule has 0 aliphatic carbocycles. The highest BCUT2D eigenvalue weighted by Crippen LogP contribution is 2.29. The molecule has 0 spiro atoms. The van der Waals surface area contributed by atoms with Gasteiger partial charge in [0.05, 0.1) is 17.8 Å². The van der Waals surface area contributed by atoms with Crippen LogP contribution in [0.5, 0.6) is 5.75 Å². The van der Waals surface area contributed by atoms with Crippen molar-refractivity contribution in [3.05, 3.63) is 28.8 Å². The maximum Gasteiger partial charge on any atom is 0.142 e. The van der Waals surface area contributed by atoms with E-state index < -0.39 is 0 Å². The number of methoxy groups -OCH3 is 1. The lowest BCUT2D eigenvalue weighted by atomic mass is 10.1. The standard InChI is InChI=1S/C11H15ClN2O/c1-14-5-3-4-8-6-11(15-2)10(13)7-9(8)12/h3-4,6-7,14H,5,13H2,1-2H3. The van der Waals surface area contributed by atoms with Gasteiger partial charge in [-0.15, -0.1) is 0 Å². The minimum Gasteiger partial charge on any atom is -0.495 e. The van der Waals surface area contributed by atoms with Crippen LogP contribution in [0.4, 0.5) is 5.69 Å². The minimum absolute atomic E-state index is 0.549. The smallest absolute Gasteiger partial charge is 0.142 e. The second-order valence-corrected chi connectivity index (χ2v) is 3.48. The van der Waals surface area contributed by atoms with E-state index in [1.54, 1.807) is 13.2 Å². The van der Waals surface area contributed by atoms with E-state index in [0.717, 1.165) is 12.1 Å². The number of ether oxygens (including phenoxy) is 1. The van der Waals surface area contributed by atoms with Crippen molar-refractivity contribution in [3.8, 4) is 5.75 Å². The molecule has 0 aromatic heterocycles. The fourth-order valence-corrected chi connectivity index (χ4v) is 1.43. The van der Waals surface area contributed by atoms with Gasteiger partial charge in [0, 0.05) is 6.54 Å². The van der Waals surface area contributed by atoms with Crippen LogP contribution in [0.1, 0.15) is 5.56 Å². The van der Waals surface area contributed by atoms with Gasteiger partial charge in [-0.3, -0.25) is 0 Å². The van der Waals surface area contributed by atoms with Gasteiger partial charge >= 0.3 is 0 Å². The Morgan fingerprint density at radius 3 is 2.87 bits per heavy atom. The lowest BCUT2D eigenvalue weighted by Gasteiger charge is -2.07. The lowest BCUT2D eigenvalue weighted by molar-refractivity contribution is 0.417. The summed E-state index contributed by atoms with van der Waals surface area (Å²) >= 11 is 6.03. The Hall–Kier alpha value is -1.19. The first-order chi connectivity index (χ1) is 7.19. The molecule has 0 unspecified atom stereocenters. The summed E-state index contributed by atoms with van der Waals surface area (Å²) in [5.41, 5.74) is 7.16. The Bertz CT molecular complexity index is 364. The highest BCUT2D eigenvalue weighted by atomic mass is 35.5. The Morgan fingerprint density at radius 2 is 2.27 bits per heavy atom. The predicted molar refractivity (Wildman–Crippen MR) is 65.4 cm³/mol. The van der Waals surface area contributed by atoms with Crippen LogP contribution in [0.2, 0.25) is 5.02 Å². The van der Waals surface area contributed by atoms with Gasteiger partial charge in [-0.05, 0) is 24.7 Å². The normalized spacial score (nSPS) is 10.9. The number of hydrogen-bond acceptors (Lipinski definition) is 3. The number of halogens is 1. The van der Waals surface area contributed by atoms with Crippen molar-refractivity contribution in [2.45, 2.75) is 0 Å². The maximum atomic E-state index is 6.03. The summed E-state index contributed by atoms with van der Waals surface area (Å²) < 4.78 is 5.11. The van der Waals surface area contributed by atoms with E-state index in [-0.39, 0.29) is 0 Å². The predicted octanol–water partition coefficient (Wildman–Crippen LogP) is 2.16. The number of rotatable bonds is 4. The van der Waals surface area contributed by atoms with E-state index >= 15 is 0 Å². The van der Waals surface area contributed by atoms with Crippen LogP contribution < -0.4 is 15.8 Å². The summed E-state index contributed by atoms with van der Waals surface area (Å²) in [6, 6.07) is 3.52. The molecular formula is C11H15ClN2O. The van der Waals surface area contributed by atoms with Crippen LogP contribution in [0, 0.1) is 0 Å². The third-order valence-electron chi connectivity index (χ3n) is 1.97. The summed E-state index contributed by atoms with van der Waals surface area (Å²) in [6.45, 7) is 0.795. The van der Waals surface area contributed by atoms with Crippen molar-refractivity contribution in [3.63, 3.8) is 0 Å². The molecule has 0 bridgehead atoms. The number of nitrogens with two attached hydrogens (primary N) is 1. The van der Waals surface area contributed by atoms with Crippen LogP contribution in [0.3, 0.4) is 0 Å². The first-order valence-corrected chi connectivity index (χ1v) is 5.01. The van der Waals surface area contributed by atoms with E-state index in [4.69, 9.17) is 22.1 Å². The van der Waals surface area contributed by atoms with E-state index in [1.165, 1.54) is 0 Å². The third kappa shape index (κ3) is 3.15. The van der Waals surface area contributed by atoms with Crippen molar-refractivity contribution in [1.29, 1.82) is 0 Å². The van der Waals surface area contributed by atoms with Crippen LogP contribution in [-0.4, -0.2) is 20.7 Å². The first kappa shape index (κ1) is 11.9. The Balaban J connectivity index is 2.97. The number of benzene rings is 1. The molecule has 3 N–H and O–H groups in total. The van der Waals surface area contributed by atoms with Crippen molar-refractivity contribution in [2.24, 2.45) is 0 Å². The maximum absolute atomic E-state index is 6.03. The number of anilines is 1. The average Bonchev–Trinajstić information content (AvgIpc) is 2.21. The molecule has 3 nitrogen and oxygen atoms in total. The van der Waals surface area contributed by atoms with Gasteiger partial charge in [-0.2, -0.15) is 0 Å². The van der Waals surface area contributed by atoms with Crippen molar-refractivity contribution in [1.82, 2.24) is 5.32 Å².